The number of hydrogen-bond acceptors (Lipinski definition) is 6. The number of oxazole rings is 1. The number of nitrogens with one attached hydrogen (secondary N) is 2. The number of aromatic nitrogens is 1. The number of amides is 1. The van der Waals surface area contributed by atoms with Crippen LogP contribution in [0.3, 0.4) is 0 Å². The van der Waals surface area contributed by atoms with Crippen LogP contribution in [-0.2, 0) is 0 Å². The standard InChI is InChI=1S/C23H22Cl2N4O3/c24-16-4-1-5-17(25)19(16)22-29-20(21(26)31)23(32-22)28-15-8-6-14(7-9-15)18(30)11-13-3-2-10-27-12-13/h1,4-9,13,27-28H,2-3,10-12H2,(H2,26,31)/t13-/m1/s1. The number of carbonyl (C=O) groups is 2. The van der Waals surface area contributed by atoms with Gasteiger partial charge in [-0.15, -0.1) is 0 Å². The highest BCUT2D eigenvalue weighted by Crippen LogP contribution is 2.36. The minimum Gasteiger partial charge on any atom is -0.419 e. The molecule has 0 aliphatic carbocycles. The molecule has 4 rings (SSSR count). The first-order chi connectivity index (χ1) is 15.4. The number of benzene rings is 2. The average molecular weight is 473 g/mol. The Kier molecular flexibility index (Phi) is 6.79. The van der Waals surface area contributed by atoms with Crippen molar-refractivity contribution >= 4 is 46.5 Å². The molecule has 9 heteroatoms. The molecular weight excluding hydrogens is 451 g/mol. The molecular formula is C23H22Cl2N4O3. The molecule has 1 amide bonds. The fraction of sp³-hybridized carbons (Fsp3) is 0.261. The Bertz CT molecular complexity index is 1120. The highest BCUT2D eigenvalue weighted by molar-refractivity contribution is 6.38. The van der Waals surface area contributed by atoms with Crippen molar-refractivity contribution in [3.63, 3.8) is 0 Å². The van der Waals surface area contributed by atoms with Crippen LogP contribution in [0.4, 0.5) is 11.6 Å². The first-order valence-electron chi connectivity index (χ1n) is 10.3. The molecule has 1 aromatic heterocycles. The lowest BCUT2D eigenvalue weighted by atomic mass is 9.92. The van der Waals surface area contributed by atoms with Gasteiger partial charge in [0.05, 0.1) is 15.6 Å². The van der Waals surface area contributed by atoms with Gasteiger partial charge >= 0.3 is 0 Å². The Morgan fingerprint density at radius 1 is 1.16 bits per heavy atom. The Hall–Kier alpha value is -2.87. The number of rotatable bonds is 7. The molecule has 1 aliphatic rings. The number of piperidine rings is 1. The molecule has 0 spiro atoms. The van der Waals surface area contributed by atoms with E-state index in [2.05, 4.69) is 15.6 Å². The molecule has 3 aromatic rings. The summed E-state index contributed by atoms with van der Waals surface area (Å²) in [5.41, 5.74) is 7.00. The number of nitrogens with two attached hydrogens (primary N) is 1. The van der Waals surface area contributed by atoms with Crippen LogP contribution in [0.5, 0.6) is 0 Å². The van der Waals surface area contributed by atoms with Crippen LogP contribution in [0.1, 0.15) is 40.1 Å². The minimum atomic E-state index is -0.765. The van der Waals surface area contributed by atoms with Gasteiger partial charge in [0.25, 0.3) is 5.91 Å². The molecule has 2 aromatic carbocycles. The summed E-state index contributed by atoms with van der Waals surface area (Å²) in [7, 11) is 0. The number of carbonyl (C=O) groups excluding carboxylic acids is 2. The molecule has 1 saturated heterocycles. The molecule has 1 aliphatic heterocycles. The fourth-order valence-electron chi connectivity index (χ4n) is 3.73. The second-order valence-electron chi connectivity index (χ2n) is 7.70. The van der Waals surface area contributed by atoms with Gasteiger partial charge in [0.15, 0.2) is 11.5 Å². The fourth-order valence-corrected chi connectivity index (χ4v) is 4.29. The third-order valence-corrected chi connectivity index (χ3v) is 6.00. The van der Waals surface area contributed by atoms with Crippen LogP contribution >= 0.6 is 23.2 Å². The van der Waals surface area contributed by atoms with E-state index in [4.69, 9.17) is 33.4 Å². The predicted octanol–water partition coefficient (Wildman–Crippen LogP) is 5.06. The molecule has 0 unspecified atom stereocenters. The van der Waals surface area contributed by atoms with Crippen molar-refractivity contribution in [2.45, 2.75) is 19.3 Å². The van der Waals surface area contributed by atoms with E-state index in [1.165, 1.54) is 0 Å². The minimum absolute atomic E-state index is 0.0656. The Morgan fingerprint density at radius 3 is 2.50 bits per heavy atom. The zero-order chi connectivity index (χ0) is 22.7. The average Bonchev–Trinajstić information content (AvgIpc) is 3.18. The summed E-state index contributed by atoms with van der Waals surface area (Å²) in [4.78, 5) is 28.7. The Morgan fingerprint density at radius 2 is 1.88 bits per heavy atom. The SMILES string of the molecule is NC(=O)c1nc(-c2c(Cl)cccc2Cl)oc1Nc1ccc(C(=O)C[C@H]2CCCNC2)cc1. The molecule has 0 bridgehead atoms. The maximum absolute atomic E-state index is 12.6. The summed E-state index contributed by atoms with van der Waals surface area (Å²) in [5, 5.41) is 6.99. The topological polar surface area (TPSA) is 110 Å². The summed E-state index contributed by atoms with van der Waals surface area (Å²) in [5.74, 6) is -0.144. The van der Waals surface area contributed by atoms with Crippen molar-refractivity contribution < 1.29 is 14.0 Å². The predicted molar refractivity (Wildman–Crippen MR) is 125 cm³/mol. The molecule has 0 saturated carbocycles. The van der Waals surface area contributed by atoms with Gasteiger partial charge in [0.1, 0.15) is 0 Å². The maximum Gasteiger partial charge on any atom is 0.273 e. The van der Waals surface area contributed by atoms with Gasteiger partial charge in [-0.3, -0.25) is 9.59 Å². The van der Waals surface area contributed by atoms with Gasteiger partial charge in [0, 0.05) is 17.7 Å². The molecule has 0 radical (unpaired) electrons. The second kappa shape index (κ2) is 9.73. The van der Waals surface area contributed by atoms with Gasteiger partial charge in [-0.2, -0.15) is 0 Å². The summed E-state index contributed by atoms with van der Waals surface area (Å²) in [6.45, 7) is 1.90. The van der Waals surface area contributed by atoms with E-state index in [-0.39, 0.29) is 23.3 Å². The van der Waals surface area contributed by atoms with Crippen molar-refractivity contribution in [2.75, 3.05) is 18.4 Å². The zero-order valence-corrected chi connectivity index (χ0v) is 18.7. The van der Waals surface area contributed by atoms with Gasteiger partial charge in [-0.05, 0) is 68.2 Å². The number of Topliss-reactive ketones (excluding diaryl/α,β-unsaturated/α-hetero) is 1. The van der Waals surface area contributed by atoms with E-state index >= 15 is 0 Å². The second-order valence-corrected chi connectivity index (χ2v) is 8.51. The third-order valence-electron chi connectivity index (χ3n) is 5.37. The van der Waals surface area contributed by atoms with Crippen LogP contribution in [-0.4, -0.2) is 29.8 Å². The molecule has 4 N–H and O–H groups in total. The largest absolute Gasteiger partial charge is 0.419 e. The summed E-state index contributed by atoms with van der Waals surface area (Å²) >= 11 is 12.5. The van der Waals surface area contributed by atoms with Gasteiger partial charge in [0.2, 0.25) is 11.8 Å². The maximum atomic E-state index is 12.6. The molecule has 7 nitrogen and oxygen atoms in total. The summed E-state index contributed by atoms with van der Waals surface area (Å²) in [6.07, 6.45) is 2.69. The molecule has 2 heterocycles. The van der Waals surface area contributed by atoms with Crippen molar-refractivity contribution in [3.05, 3.63) is 63.8 Å². The number of anilines is 2. The van der Waals surface area contributed by atoms with Crippen molar-refractivity contribution in [3.8, 4) is 11.5 Å². The van der Waals surface area contributed by atoms with E-state index in [0.29, 0.717) is 39.2 Å². The Labute approximate surface area is 195 Å². The van der Waals surface area contributed by atoms with Gasteiger partial charge < -0.3 is 20.8 Å². The van der Waals surface area contributed by atoms with Crippen LogP contribution in [0.25, 0.3) is 11.5 Å². The first-order valence-corrected chi connectivity index (χ1v) is 11.0. The normalized spacial score (nSPS) is 16.0. The number of ketones is 1. The van der Waals surface area contributed by atoms with E-state index in [1.54, 1.807) is 42.5 Å². The van der Waals surface area contributed by atoms with E-state index in [9.17, 15) is 9.59 Å². The lowest BCUT2D eigenvalue weighted by Gasteiger charge is -2.21. The van der Waals surface area contributed by atoms with E-state index in [1.807, 2.05) is 0 Å². The van der Waals surface area contributed by atoms with Crippen LogP contribution < -0.4 is 16.4 Å². The van der Waals surface area contributed by atoms with Gasteiger partial charge in [-0.25, -0.2) is 4.98 Å². The Balaban J connectivity index is 1.53. The van der Waals surface area contributed by atoms with Crippen molar-refractivity contribution in [1.82, 2.24) is 10.3 Å². The quantitative estimate of drug-likeness (QED) is 0.414. The molecule has 1 fully saturated rings. The number of hydrogen-bond donors (Lipinski definition) is 3. The van der Waals surface area contributed by atoms with E-state index in [0.717, 1.165) is 25.9 Å². The van der Waals surface area contributed by atoms with Gasteiger partial charge in [-0.1, -0.05) is 29.3 Å². The number of halogens is 2. The van der Waals surface area contributed by atoms with E-state index < -0.39 is 5.91 Å². The van der Waals surface area contributed by atoms with Crippen molar-refractivity contribution in [1.29, 1.82) is 0 Å². The molecule has 166 valence electrons. The third kappa shape index (κ3) is 4.96. The van der Waals surface area contributed by atoms with Crippen LogP contribution in [0, 0.1) is 5.92 Å². The summed E-state index contributed by atoms with van der Waals surface area (Å²) in [6, 6.07) is 11.9. The monoisotopic (exact) mass is 472 g/mol. The van der Waals surface area contributed by atoms with Crippen molar-refractivity contribution in [2.24, 2.45) is 11.7 Å². The zero-order valence-electron chi connectivity index (χ0n) is 17.2. The number of nitrogens with zero attached hydrogens (tertiary/aromatic N) is 1. The highest BCUT2D eigenvalue weighted by atomic mass is 35.5. The lowest BCUT2D eigenvalue weighted by Crippen LogP contribution is -2.31. The van der Waals surface area contributed by atoms with Crippen LogP contribution in [0.15, 0.2) is 46.9 Å². The number of primary amides is 1. The molecule has 32 heavy (non-hydrogen) atoms. The smallest absolute Gasteiger partial charge is 0.273 e. The lowest BCUT2D eigenvalue weighted by molar-refractivity contribution is 0.0952. The van der Waals surface area contributed by atoms with Crippen LogP contribution in [0.2, 0.25) is 10.0 Å². The molecule has 1 atom stereocenters. The highest BCUT2D eigenvalue weighted by Gasteiger charge is 2.23. The first kappa shape index (κ1) is 22.3. The summed E-state index contributed by atoms with van der Waals surface area (Å²) < 4.78 is 5.74.